The number of alkyl halides is 2. The molecule has 0 bridgehead atoms. The first-order chi connectivity index (χ1) is 6.78. The van der Waals surface area contributed by atoms with Crippen LogP contribution < -0.4 is 5.73 Å². The number of rotatable bonds is 2. The third-order valence-electron chi connectivity index (χ3n) is 1.70. The van der Waals surface area contributed by atoms with Crippen LogP contribution in [0.2, 0.25) is 10.0 Å². The molecular formula is C8H5Cl2F2NO2. The number of carbonyl (C=O) groups is 1. The van der Waals surface area contributed by atoms with Gasteiger partial charge in [0, 0.05) is 0 Å². The van der Waals surface area contributed by atoms with Gasteiger partial charge in [-0.25, -0.2) is 4.79 Å². The summed E-state index contributed by atoms with van der Waals surface area (Å²) in [5, 5.41) is 7.34. The van der Waals surface area contributed by atoms with E-state index in [2.05, 4.69) is 0 Å². The second-order valence-electron chi connectivity index (χ2n) is 2.71. The lowest BCUT2D eigenvalue weighted by Crippen LogP contribution is -2.26. The van der Waals surface area contributed by atoms with E-state index in [1.807, 2.05) is 0 Å². The highest BCUT2D eigenvalue weighted by atomic mass is 35.5. The molecule has 0 aliphatic rings. The summed E-state index contributed by atoms with van der Waals surface area (Å²) in [7, 11) is 0. The SMILES string of the molecule is Nc1ccc(Cl)c(C(F)(F)C(=O)O)c1Cl. The Balaban J connectivity index is 3.49. The van der Waals surface area contributed by atoms with Crippen molar-refractivity contribution in [3.8, 4) is 0 Å². The van der Waals surface area contributed by atoms with E-state index >= 15 is 0 Å². The summed E-state index contributed by atoms with van der Waals surface area (Å²) in [6.45, 7) is 0. The minimum atomic E-state index is -4.16. The van der Waals surface area contributed by atoms with Crippen molar-refractivity contribution in [3.05, 3.63) is 27.7 Å². The van der Waals surface area contributed by atoms with E-state index < -0.39 is 27.5 Å². The lowest BCUT2D eigenvalue weighted by molar-refractivity contribution is -0.166. The Morgan fingerprint density at radius 1 is 1.40 bits per heavy atom. The summed E-state index contributed by atoms with van der Waals surface area (Å²) in [4.78, 5) is 10.3. The molecule has 15 heavy (non-hydrogen) atoms. The van der Waals surface area contributed by atoms with Gasteiger partial charge in [0.25, 0.3) is 0 Å². The molecule has 1 aromatic carbocycles. The summed E-state index contributed by atoms with van der Waals surface area (Å²) in [6, 6.07) is 2.28. The zero-order valence-corrected chi connectivity index (χ0v) is 8.61. The second-order valence-corrected chi connectivity index (χ2v) is 3.49. The van der Waals surface area contributed by atoms with Gasteiger partial charge in [-0.05, 0) is 12.1 Å². The van der Waals surface area contributed by atoms with Crippen molar-refractivity contribution >= 4 is 34.9 Å². The Labute approximate surface area is 93.4 Å². The van der Waals surface area contributed by atoms with Crippen molar-refractivity contribution in [1.82, 2.24) is 0 Å². The van der Waals surface area contributed by atoms with E-state index in [0.717, 1.165) is 6.07 Å². The Bertz CT molecular complexity index is 423. The van der Waals surface area contributed by atoms with Gasteiger partial charge in [-0.1, -0.05) is 23.2 Å². The summed E-state index contributed by atoms with van der Waals surface area (Å²) >= 11 is 10.9. The van der Waals surface area contributed by atoms with Gasteiger partial charge < -0.3 is 10.8 Å². The molecule has 1 rings (SSSR count). The average Bonchev–Trinajstić information content (AvgIpc) is 2.11. The van der Waals surface area contributed by atoms with Crippen LogP contribution in [0.25, 0.3) is 0 Å². The first-order valence-corrected chi connectivity index (χ1v) is 4.39. The monoisotopic (exact) mass is 255 g/mol. The van der Waals surface area contributed by atoms with Crippen LogP contribution in [-0.4, -0.2) is 11.1 Å². The fraction of sp³-hybridized carbons (Fsp3) is 0.125. The Hall–Kier alpha value is -1.07. The predicted molar refractivity (Wildman–Crippen MR) is 52.4 cm³/mol. The molecule has 0 aromatic heterocycles. The Morgan fingerprint density at radius 2 is 1.93 bits per heavy atom. The topological polar surface area (TPSA) is 63.3 Å². The molecule has 0 saturated carbocycles. The molecule has 0 atom stereocenters. The van der Waals surface area contributed by atoms with Crippen LogP contribution in [0.3, 0.4) is 0 Å². The highest BCUT2D eigenvalue weighted by molar-refractivity contribution is 6.38. The van der Waals surface area contributed by atoms with Gasteiger partial charge in [0.15, 0.2) is 0 Å². The number of carboxylic acid groups (broad SMARTS) is 1. The molecule has 0 heterocycles. The lowest BCUT2D eigenvalue weighted by Gasteiger charge is -2.15. The zero-order valence-electron chi connectivity index (χ0n) is 7.10. The molecule has 0 aliphatic heterocycles. The van der Waals surface area contributed by atoms with Crippen molar-refractivity contribution in [1.29, 1.82) is 0 Å². The van der Waals surface area contributed by atoms with Crippen LogP contribution in [0, 0.1) is 0 Å². The number of anilines is 1. The molecule has 0 unspecified atom stereocenters. The predicted octanol–water partition coefficient (Wildman–Crippen LogP) is 2.75. The van der Waals surface area contributed by atoms with E-state index in [0.29, 0.717) is 0 Å². The van der Waals surface area contributed by atoms with Gasteiger partial charge in [0.2, 0.25) is 0 Å². The lowest BCUT2D eigenvalue weighted by atomic mass is 10.1. The first kappa shape index (κ1) is 12.0. The maximum Gasteiger partial charge on any atom is 0.379 e. The quantitative estimate of drug-likeness (QED) is 0.799. The van der Waals surface area contributed by atoms with E-state index in [4.69, 9.17) is 34.0 Å². The number of aliphatic carboxylic acids is 1. The highest BCUT2D eigenvalue weighted by Crippen LogP contribution is 2.41. The second kappa shape index (κ2) is 3.83. The number of carboxylic acids is 1. The molecule has 0 aliphatic carbocycles. The standard InChI is InChI=1S/C8H5Cl2F2NO2/c9-3-1-2-4(13)6(10)5(3)8(11,12)7(14)15/h1-2H,13H2,(H,14,15). The average molecular weight is 256 g/mol. The van der Waals surface area contributed by atoms with E-state index in [1.165, 1.54) is 6.07 Å². The van der Waals surface area contributed by atoms with Crippen molar-refractivity contribution in [2.24, 2.45) is 0 Å². The number of halogens is 4. The summed E-state index contributed by atoms with van der Waals surface area (Å²) in [5.74, 6) is -6.50. The summed E-state index contributed by atoms with van der Waals surface area (Å²) in [5.41, 5.74) is 4.13. The highest BCUT2D eigenvalue weighted by Gasteiger charge is 2.45. The number of hydrogen-bond acceptors (Lipinski definition) is 2. The smallest absolute Gasteiger partial charge is 0.379 e. The van der Waals surface area contributed by atoms with Gasteiger partial charge in [0.1, 0.15) is 0 Å². The molecule has 3 nitrogen and oxygen atoms in total. The van der Waals surface area contributed by atoms with Crippen LogP contribution in [0.5, 0.6) is 0 Å². The van der Waals surface area contributed by atoms with Crippen LogP contribution in [-0.2, 0) is 10.7 Å². The number of nitrogen functional groups attached to an aromatic ring is 1. The van der Waals surface area contributed by atoms with Crippen LogP contribution in [0.15, 0.2) is 12.1 Å². The Morgan fingerprint density at radius 3 is 2.40 bits per heavy atom. The molecule has 1 aromatic rings. The van der Waals surface area contributed by atoms with Crippen molar-refractivity contribution in [2.45, 2.75) is 5.92 Å². The number of hydrogen-bond donors (Lipinski definition) is 2. The van der Waals surface area contributed by atoms with E-state index in [9.17, 15) is 13.6 Å². The fourth-order valence-corrected chi connectivity index (χ4v) is 1.57. The molecule has 0 fully saturated rings. The van der Waals surface area contributed by atoms with Crippen LogP contribution in [0.4, 0.5) is 14.5 Å². The van der Waals surface area contributed by atoms with E-state index in [-0.39, 0.29) is 5.69 Å². The largest absolute Gasteiger partial charge is 0.477 e. The minimum absolute atomic E-state index is 0.156. The third kappa shape index (κ3) is 1.98. The van der Waals surface area contributed by atoms with Gasteiger partial charge >= 0.3 is 11.9 Å². The molecule has 0 saturated heterocycles. The third-order valence-corrected chi connectivity index (χ3v) is 2.43. The molecule has 82 valence electrons. The molecular weight excluding hydrogens is 251 g/mol. The van der Waals surface area contributed by atoms with Crippen LogP contribution >= 0.6 is 23.2 Å². The summed E-state index contributed by atoms with van der Waals surface area (Å²) < 4.78 is 26.3. The van der Waals surface area contributed by atoms with Crippen molar-refractivity contribution < 1.29 is 18.7 Å². The van der Waals surface area contributed by atoms with E-state index in [1.54, 1.807) is 0 Å². The molecule has 0 spiro atoms. The maximum atomic E-state index is 13.2. The van der Waals surface area contributed by atoms with Gasteiger partial charge in [0.05, 0.1) is 21.3 Å². The van der Waals surface area contributed by atoms with Crippen molar-refractivity contribution in [3.63, 3.8) is 0 Å². The first-order valence-electron chi connectivity index (χ1n) is 3.63. The van der Waals surface area contributed by atoms with Gasteiger partial charge in [-0.15, -0.1) is 0 Å². The number of nitrogens with two attached hydrogens (primary N) is 1. The Kier molecular flexibility index (Phi) is 3.06. The normalized spacial score (nSPS) is 11.5. The van der Waals surface area contributed by atoms with Gasteiger partial charge in [-0.2, -0.15) is 8.78 Å². The van der Waals surface area contributed by atoms with Crippen LogP contribution in [0.1, 0.15) is 5.56 Å². The maximum absolute atomic E-state index is 13.2. The minimum Gasteiger partial charge on any atom is -0.477 e. The molecule has 0 radical (unpaired) electrons. The zero-order chi connectivity index (χ0) is 11.8. The fourth-order valence-electron chi connectivity index (χ4n) is 0.963. The number of benzene rings is 1. The molecule has 3 N–H and O–H groups in total. The molecule has 7 heteroatoms. The summed E-state index contributed by atoms with van der Waals surface area (Å²) in [6.07, 6.45) is 0. The van der Waals surface area contributed by atoms with Crippen molar-refractivity contribution in [2.75, 3.05) is 5.73 Å². The molecule has 0 amide bonds. The van der Waals surface area contributed by atoms with Gasteiger partial charge in [-0.3, -0.25) is 0 Å².